The zero-order valence-corrected chi connectivity index (χ0v) is 18.6. The number of carbonyl (C=O) groups is 2. The van der Waals surface area contributed by atoms with Crippen LogP contribution in [0.1, 0.15) is 45.7 Å². The van der Waals surface area contributed by atoms with Gasteiger partial charge in [-0.25, -0.2) is 19.6 Å². The number of carboxylic acids is 1. The van der Waals surface area contributed by atoms with Crippen molar-refractivity contribution in [2.75, 3.05) is 13.2 Å². The van der Waals surface area contributed by atoms with Crippen molar-refractivity contribution in [1.29, 1.82) is 0 Å². The number of carbonyl (C=O) groups excluding carboxylic acids is 1. The van der Waals surface area contributed by atoms with Crippen molar-refractivity contribution in [1.82, 2.24) is 14.9 Å². The van der Waals surface area contributed by atoms with Crippen LogP contribution in [0.2, 0.25) is 0 Å². The van der Waals surface area contributed by atoms with Crippen LogP contribution in [0.4, 0.5) is 13.6 Å². The Bertz CT molecular complexity index is 1030. The Morgan fingerprint density at radius 3 is 2.39 bits per heavy atom. The molecule has 1 saturated heterocycles. The molecule has 33 heavy (non-hydrogen) atoms. The summed E-state index contributed by atoms with van der Waals surface area (Å²) in [6, 6.07) is 5.20. The molecular formula is C22H27F2N3O6. The van der Waals surface area contributed by atoms with Gasteiger partial charge in [-0.05, 0) is 39.3 Å². The number of alkyl halides is 2. The van der Waals surface area contributed by atoms with E-state index in [1.807, 2.05) is 0 Å². The lowest BCUT2D eigenvalue weighted by atomic mass is 10.1. The fourth-order valence-corrected chi connectivity index (χ4v) is 3.52. The molecule has 2 heterocycles. The summed E-state index contributed by atoms with van der Waals surface area (Å²) in [5.41, 5.74) is -0.970. The first-order chi connectivity index (χ1) is 15.4. The second-order valence-corrected chi connectivity index (χ2v) is 8.86. The molecule has 9 nitrogen and oxygen atoms in total. The van der Waals surface area contributed by atoms with Gasteiger partial charge < -0.3 is 19.7 Å². The van der Waals surface area contributed by atoms with Gasteiger partial charge in [0.2, 0.25) is 5.88 Å². The van der Waals surface area contributed by atoms with Crippen LogP contribution in [0.15, 0.2) is 24.3 Å². The maximum atomic E-state index is 14.9. The van der Waals surface area contributed by atoms with E-state index in [4.69, 9.17) is 14.6 Å². The number of aromatic nitrogens is 2. The van der Waals surface area contributed by atoms with E-state index in [9.17, 15) is 23.5 Å². The standard InChI is InChI=1S/C22H27F2N3O6/c1-21(2,3)33-20(31)27-12-13(11-16(27)19(29)30)32-18-17(22(23,24)9-6-10-28)25-14-7-4-5-8-15(14)26-18/h4-5,7-8,13,16,28H,6,9-12H2,1-3H3,(H,29,30)/t13-,16+/m1/s1. The number of aliphatic hydroxyl groups excluding tert-OH is 1. The topological polar surface area (TPSA) is 122 Å². The van der Waals surface area contributed by atoms with Crippen LogP contribution in [-0.2, 0) is 15.5 Å². The number of carboxylic acid groups (broad SMARTS) is 1. The average molecular weight is 467 g/mol. The second kappa shape index (κ2) is 9.42. The van der Waals surface area contributed by atoms with Crippen molar-refractivity contribution < 1.29 is 38.1 Å². The van der Waals surface area contributed by atoms with E-state index in [0.29, 0.717) is 5.52 Å². The highest BCUT2D eigenvalue weighted by atomic mass is 19.3. The maximum absolute atomic E-state index is 14.9. The molecule has 2 atom stereocenters. The predicted molar refractivity (Wildman–Crippen MR) is 113 cm³/mol. The van der Waals surface area contributed by atoms with Gasteiger partial charge in [-0.2, -0.15) is 8.78 Å². The molecule has 1 fully saturated rings. The number of benzene rings is 1. The van der Waals surface area contributed by atoms with Gasteiger partial charge in [-0.3, -0.25) is 4.90 Å². The van der Waals surface area contributed by atoms with E-state index in [0.717, 1.165) is 4.90 Å². The molecule has 2 aromatic rings. The second-order valence-electron chi connectivity index (χ2n) is 8.86. The van der Waals surface area contributed by atoms with E-state index >= 15 is 0 Å². The Kier molecular flexibility index (Phi) is 7.01. The van der Waals surface area contributed by atoms with Crippen LogP contribution in [0.25, 0.3) is 11.0 Å². The number of aliphatic hydroxyl groups is 1. The number of nitrogens with zero attached hydrogens (tertiary/aromatic N) is 3. The van der Waals surface area contributed by atoms with Crippen molar-refractivity contribution in [3.63, 3.8) is 0 Å². The average Bonchev–Trinajstić information content (AvgIpc) is 3.15. The minimum atomic E-state index is -3.44. The molecule has 3 rings (SSSR count). The molecule has 0 radical (unpaired) electrons. The molecule has 0 spiro atoms. The Morgan fingerprint density at radius 2 is 1.82 bits per heavy atom. The van der Waals surface area contributed by atoms with E-state index in [-0.39, 0.29) is 24.9 Å². The molecule has 1 amide bonds. The summed E-state index contributed by atoms with van der Waals surface area (Å²) in [6.07, 6.45) is -2.71. The van der Waals surface area contributed by atoms with Gasteiger partial charge in [0.1, 0.15) is 17.7 Å². The number of rotatable bonds is 7. The molecule has 0 bridgehead atoms. The number of amides is 1. The molecule has 1 aliphatic rings. The predicted octanol–water partition coefficient (Wildman–Crippen LogP) is 3.34. The van der Waals surface area contributed by atoms with Gasteiger partial charge in [0.25, 0.3) is 5.92 Å². The molecule has 0 saturated carbocycles. The van der Waals surface area contributed by atoms with E-state index in [2.05, 4.69) is 9.97 Å². The minimum absolute atomic E-state index is 0.134. The van der Waals surface area contributed by atoms with Gasteiger partial charge in [-0.15, -0.1) is 0 Å². The van der Waals surface area contributed by atoms with Crippen molar-refractivity contribution in [3.05, 3.63) is 30.0 Å². The lowest BCUT2D eigenvalue weighted by Gasteiger charge is -2.26. The van der Waals surface area contributed by atoms with Crippen LogP contribution in [-0.4, -0.2) is 68.0 Å². The number of hydrogen-bond donors (Lipinski definition) is 2. The lowest BCUT2D eigenvalue weighted by Crippen LogP contribution is -2.43. The van der Waals surface area contributed by atoms with Crippen molar-refractivity contribution in [2.45, 2.75) is 63.7 Å². The molecule has 1 aliphatic heterocycles. The molecule has 2 N–H and O–H groups in total. The smallest absolute Gasteiger partial charge is 0.411 e. The summed E-state index contributed by atoms with van der Waals surface area (Å²) in [5.74, 6) is -5.13. The quantitative estimate of drug-likeness (QED) is 0.636. The summed E-state index contributed by atoms with van der Waals surface area (Å²) in [5, 5.41) is 18.5. The highest BCUT2D eigenvalue weighted by Gasteiger charge is 2.44. The number of para-hydroxylation sites is 2. The van der Waals surface area contributed by atoms with E-state index in [1.54, 1.807) is 39.0 Å². The third-order valence-electron chi connectivity index (χ3n) is 4.99. The van der Waals surface area contributed by atoms with Gasteiger partial charge >= 0.3 is 12.1 Å². The van der Waals surface area contributed by atoms with Gasteiger partial charge in [0, 0.05) is 19.4 Å². The van der Waals surface area contributed by atoms with Gasteiger partial charge in [0.05, 0.1) is 17.6 Å². The Labute approximate surface area is 189 Å². The number of likely N-dealkylation sites (tertiary alicyclic amines) is 1. The van der Waals surface area contributed by atoms with Crippen LogP contribution in [0.5, 0.6) is 5.88 Å². The third kappa shape index (κ3) is 5.84. The number of halogens is 2. The van der Waals surface area contributed by atoms with E-state index in [1.165, 1.54) is 6.07 Å². The largest absolute Gasteiger partial charge is 0.480 e. The third-order valence-corrected chi connectivity index (χ3v) is 4.99. The maximum Gasteiger partial charge on any atom is 0.411 e. The molecule has 1 aromatic heterocycles. The van der Waals surface area contributed by atoms with Gasteiger partial charge in [0.15, 0.2) is 5.69 Å². The number of ether oxygens (including phenoxy) is 2. The zero-order valence-electron chi connectivity index (χ0n) is 18.6. The first-order valence-corrected chi connectivity index (χ1v) is 10.6. The lowest BCUT2D eigenvalue weighted by molar-refractivity contribution is -0.142. The Hall–Kier alpha value is -3.08. The first kappa shape index (κ1) is 24.6. The first-order valence-electron chi connectivity index (χ1n) is 10.6. The van der Waals surface area contributed by atoms with Crippen LogP contribution in [0, 0.1) is 0 Å². The number of hydrogen-bond acceptors (Lipinski definition) is 7. The molecule has 0 unspecified atom stereocenters. The molecular weight excluding hydrogens is 440 g/mol. The van der Waals surface area contributed by atoms with Crippen molar-refractivity contribution in [3.8, 4) is 5.88 Å². The highest BCUT2D eigenvalue weighted by molar-refractivity contribution is 5.81. The van der Waals surface area contributed by atoms with E-state index < -0.39 is 60.3 Å². The summed E-state index contributed by atoms with van der Waals surface area (Å²) in [7, 11) is 0. The number of fused-ring (bicyclic) bond motifs is 1. The fourth-order valence-electron chi connectivity index (χ4n) is 3.52. The Morgan fingerprint density at radius 1 is 1.18 bits per heavy atom. The van der Waals surface area contributed by atoms with Crippen molar-refractivity contribution in [2.24, 2.45) is 0 Å². The SMILES string of the molecule is CC(C)(C)OC(=O)N1C[C@H](Oc2nc3ccccc3nc2C(F)(F)CCCO)C[C@H]1C(=O)O. The summed E-state index contributed by atoms with van der Waals surface area (Å²) >= 11 is 0. The zero-order chi connectivity index (χ0) is 24.4. The molecule has 11 heteroatoms. The normalized spacial score (nSPS) is 19.0. The molecule has 180 valence electrons. The summed E-state index contributed by atoms with van der Waals surface area (Å²) in [6.45, 7) is 4.35. The van der Waals surface area contributed by atoms with Crippen LogP contribution >= 0.6 is 0 Å². The highest BCUT2D eigenvalue weighted by Crippen LogP contribution is 2.38. The Balaban J connectivity index is 1.92. The summed E-state index contributed by atoms with van der Waals surface area (Å²) < 4.78 is 40.9. The van der Waals surface area contributed by atoms with Gasteiger partial charge in [-0.1, -0.05) is 12.1 Å². The minimum Gasteiger partial charge on any atom is -0.480 e. The fraction of sp³-hybridized carbons (Fsp3) is 0.545. The number of aliphatic carboxylic acids is 1. The van der Waals surface area contributed by atoms with Crippen molar-refractivity contribution >= 4 is 23.1 Å². The molecule has 0 aliphatic carbocycles. The monoisotopic (exact) mass is 467 g/mol. The summed E-state index contributed by atoms with van der Waals surface area (Å²) in [4.78, 5) is 33.5. The van der Waals surface area contributed by atoms with Crippen LogP contribution in [0.3, 0.4) is 0 Å². The van der Waals surface area contributed by atoms with Crippen LogP contribution < -0.4 is 4.74 Å². The molecule has 1 aromatic carbocycles.